The molecule has 2 atom stereocenters. The van der Waals surface area contributed by atoms with Gasteiger partial charge in [0.05, 0.1) is 5.92 Å². The summed E-state index contributed by atoms with van der Waals surface area (Å²) < 4.78 is 0. The second-order valence-corrected chi connectivity index (χ2v) is 7.59. The lowest BCUT2D eigenvalue weighted by atomic mass is 9.77. The van der Waals surface area contributed by atoms with Gasteiger partial charge in [-0.25, -0.2) is 0 Å². The minimum absolute atomic E-state index is 0.130. The fourth-order valence-corrected chi connectivity index (χ4v) is 3.21. The molecule has 0 aromatic rings. The van der Waals surface area contributed by atoms with E-state index in [1.807, 2.05) is 20.8 Å². The molecule has 0 heterocycles. The van der Waals surface area contributed by atoms with Crippen molar-refractivity contribution in [3.05, 3.63) is 0 Å². The molecule has 1 fully saturated rings. The SMILES string of the molecule is CC(C)(C)C(C[C@H](NC1CCCCCCC1)C(=O)O)C(=O)O. The fraction of sp³-hybridized carbons (Fsp3) is 0.882. The van der Waals surface area contributed by atoms with E-state index < -0.39 is 29.3 Å². The van der Waals surface area contributed by atoms with Crippen LogP contribution in [-0.4, -0.2) is 34.2 Å². The van der Waals surface area contributed by atoms with Gasteiger partial charge in [0, 0.05) is 6.04 Å². The summed E-state index contributed by atoms with van der Waals surface area (Å²) in [6.45, 7) is 5.54. The predicted molar refractivity (Wildman–Crippen MR) is 85.9 cm³/mol. The van der Waals surface area contributed by atoms with Crippen LogP contribution in [0.1, 0.15) is 72.1 Å². The van der Waals surface area contributed by atoms with Crippen LogP contribution in [-0.2, 0) is 9.59 Å². The Morgan fingerprint density at radius 1 is 1.00 bits per heavy atom. The molecule has 3 N–H and O–H groups in total. The molecule has 0 amide bonds. The van der Waals surface area contributed by atoms with Crippen LogP contribution in [0.2, 0.25) is 0 Å². The van der Waals surface area contributed by atoms with E-state index in [2.05, 4.69) is 5.32 Å². The zero-order valence-electron chi connectivity index (χ0n) is 14.1. The lowest BCUT2D eigenvalue weighted by Crippen LogP contribution is -2.47. The van der Waals surface area contributed by atoms with Gasteiger partial charge in [-0.3, -0.25) is 9.59 Å². The molecule has 1 aliphatic carbocycles. The third-order valence-electron chi connectivity index (χ3n) is 4.66. The van der Waals surface area contributed by atoms with E-state index in [1.54, 1.807) is 0 Å². The molecule has 0 aromatic heterocycles. The Hall–Kier alpha value is -1.10. The monoisotopic (exact) mass is 313 g/mol. The average molecular weight is 313 g/mol. The van der Waals surface area contributed by atoms with E-state index in [0.717, 1.165) is 25.7 Å². The molecule has 0 spiro atoms. The van der Waals surface area contributed by atoms with Crippen LogP contribution >= 0.6 is 0 Å². The Balaban J connectivity index is 2.71. The van der Waals surface area contributed by atoms with Crippen LogP contribution in [0, 0.1) is 11.3 Å². The highest BCUT2D eigenvalue weighted by molar-refractivity contribution is 5.76. The summed E-state index contributed by atoms with van der Waals surface area (Å²) in [6, 6.07) is -0.597. The summed E-state index contributed by atoms with van der Waals surface area (Å²) in [7, 11) is 0. The fourth-order valence-electron chi connectivity index (χ4n) is 3.21. The minimum atomic E-state index is -0.947. The molecule has 0 radical (unpaired) electrons. The molecule has 1 aliphatic rings. The van der Waals surface area contributed by atoms with Gasteiger partial charge in [-0.15, -0.1) is 0 Å². The smallest absolute Gasteiger partial charge is 0.320 e. The first-order valence-corrected chi connectivity index (χ1v) is 8.43. The molecule has 5 heteroatoms. The molecule has 1 rings (SSSR count). The van der Waals surface area contributed by atoms with Gasteiger partial charge in [-0.1, -0.05) is 52.9 Å². The summed E-state index contributed by atoms with van der Waals surface area (Å²) in [6.07, 6.45) is 8.00. The summed E-state index contributed by atoms with van der Waals surface area (Å²) in [5, 5.41) is 22.1. The Morgan fingerprint density at radius 3 is 1.91 bits per heavy atom. The Morgan fingerprint density at radius 2 is 1.50 bits per heavy atom. The van der Waals surface area contributed by atoms with Gasteiger partial charge >= 0.3 is 11.9 Å². The lowest BCUT2D eigenvalue weighted by molar-refractivity contribution is -0.147. The molecule has 0 aliphatic heterocycles. The summed E-state index contributed by atoms with van der Waals surface area (Å²) in [5.74, 6) is -2.54. The van der Waals surface area contributed by atoms with Crippen molar-refractivity contribution in [2.24, 2.45) is 11.3 Å². The topological polar surface area (TPSA) is 86.6 Å². The number of carboxylic acids is 2. The van der Waals surface area contributed by atoms with Crippen LogP contribution in [0.3, 0.4) is 0 Å². The largest absolute Gasteiger partial charge is 0.481 e. The zero-order chi connectivity index (χ0) is 16.8. The normalized spacial score (nSPS) is 20.7. The van der Waals surface area contributed by atoms with Crippen LogP contribution in [0.4, 0.5) is 0 Å². The molecular formula is C17H31NO4. The van der Waals surface area contributed by atoms with Gasteiger partial charge in [0.2, 0.25) is 0 Å². The van der Waals surface area contributed by atoms with E-state index >= 15 is 0 Å². The second kappa shape index (κ2) is 8.51. The van der Waals surface area contributed by atoms with E-state index in [1.165, 1.54) is 19.3 Å². The molecule has 1 saturated carbocycles. The van der Waals surface area contributed by atoms with Crippen molar-refractivity contribution < 1.29 is 19.8 Å². The molecule has 0 aromatic carbocycles. The second-order valence-electron chi connectivity index (χ2n) is 7.59. The maximum Gasteiger partial charge on any atom is 0.320 e. The highest BCUT2D eigenvalue weighted by Gasteiger charge is 2.36. The first-order valence-electron chi connectivity index (χ1n) is 8.43. The number of hydrogen-bond donors (Lipinski definition) is 3. The zero-order valence-corrected chi connectivity index (χ0v) is 14.1. The van der Waals surface area contributed by atoms with Crippen LogP contribution < -0.4 is 5.32 Å². The van der Waals surface area contributed by atoms with Crippen LogP contribution in [0.15, 0.2) is 0 Å². The number of rotatable bonds is 6. The molecule has 5 nitrogen and oxygen atoms in total. The van der Waals surface area contributed by atoms with Gasteiger partial charge in [0.1, 0.15) is 6.04 Å². The van der Waals surface area contributed by atoms with Crippen LogP contribution in [0.5, 0.6) is 0 Å². The predicted octanol–water partition coefficient (Wildman–Crippen LogP) is 3.28. The number of nitrogens with one attached hydrogen (secondary N) is 1. The summed E-state index contributed by atoms with van der Waals surface area (Å²) >= 11 is 0. The van der Waals surface area contributed by atoms with Crippen molar-refractivity contribution >= 4 is 11.9 Å². The van der Waals surface area contributed by atoms with Crippen LogP contribution in [0.25, 0.3) is 0 Å². The lowest BCUT2D eigenvalue weighted by Gasteiger charge is -2.31. The molecule has 1 unspecified atom stereocenters. The van der Waals surface area contributed by atoms with Crippen molar-refractivity contribution in [3.8, 4) is 0 Å². The van der Waals surface area contributed by atoms with E-state index in [0.29, 0.717) is 0 Å². The number of aliphatic carboxylic acids is 2. The number of carbonyl (C=O) groups is 2. The Bertz CT molecular complexity index is 367. The van der Waals surface area contributed by atoms with Crippen molar-refractivity contribution in [1.29, 1.82) is 0 Å². The third-order valence-corrected chi connectivity index (χ3v) is 4.66. The molecule has 0 saturated heterocycles. The highest BCUT2D eigenvalue weighted by atomic mass is 16.4. The maximum atomic E-state index is 11.6. The summed E-state index contributed by atoms with van der Waals surface area (Å²) in [5.41, 5.74) is -0.456. The number of carboxylic acid groups (broad SMARTS) is 2. The molecule has 0 bridgehead atoms. The Kier molecular flexibility index (Phi) is 7.33. The standard InChI is InChI=1S/C17H31NO4/c1-17(2,3)13(15(19)20)11-14(16(21)22)18-12-9-7-5-4-6-8-10-12/h12-14,18H,4-11H2,1-3H3,(H,19,20)(H,21,22)/t13?,14-/m0/s1. The molecular weight excluding hydrogens is 282 g/mol. The van der Waals surface area contributed by atoms with E-state index in [4.69, 9.17) is 0 Å². The average Bonchev–Trinajstić information content (AvgIpc) is 2.33. The summed E-state index contributed by atoms with van der Waals surface area (Å²) in [4.78, 5) is 23.0. The van der Waals surface area contributed by atoms with Crippen molar-refractivity contribution in [1.82, 2.24) is 5.32 Å². The van der Waals surface area contributed by atoms with Crippen molar-refractivity contribution in [2.45, 2.75) is 84.2 Å². The van der Waals surface area contributed by atoms with Gasteiger partial charge in [0.15, 0.2) is 0 Å². The van der Waals surface area contributed by atoms with Gasteiger partial charge in [-0.05, 0) is 24.7 Å². The first-order chi connectivity index (χ1) is 10.2. The molecule has 22 heavy (non-hydrogen) atoms. The van der Waals surface area contributed by atoms with E-state index in [9.17, 15) is 19.8 Å². The Labute approximate surface area is 133 Å². The van der Waals surface area contributed by atoms with Crippen molar-refractivity contribution in [2.75, 3.05) is 0 Å². The first kappa shape index (κ1) is 18.9. The van der Waals surface area contributed by atoms with E-state index in [-0.39, 0.29) is 12.5 Å². The number of hydrogen-bond acceptors (Lipinski definition) is 3. The minimum Gasteiger partial charge on any atom is -0.481 e. The van der Waals surface area contributed by atoms with Gasteiger partial charge in [0.25, 0.3) is 0 Å². The van der Waals surface area contributed by atoms with Gasteiger partial charge in [-0.2, -0.15) is 0 Å². The maximum absolute atomic E-state index is 11.6. The molecule has 128 valence electrons. The van der Waals surface area contributed by atoms with Crippen molar-refractivity contribution in [3.63, 3.8) is 0 Å². The third kappa shape index (κ3) is 6.34. The van der Waals surface area contributed by atoms with Gasteiger partial charge < -0.3 is 15.5 Å². The highest BCUT2D eigenvalue weighted by Crippen LogP contribution is 2.30. The quantitative estimate of drug-likeness (QED) is 0.700.